The number of aromatic nitrogens is 1. The quantitative estimate of drug-likeness (QED) is 0.705. The van der Waals surface area contributed by atoms with Gasteiger partial charge in [0.1, 0.15) is 0 Å². The van der Waals surface area contributed by atoms with Crippen LogP contribution in [0.1, 0.15) is 43.1 Å². The SMILES string of the molecule is Cc1[nH]c(C(F)F)cc1C(C)C. The van der Waals surface area contributed by atoms with E-state index in [1.807, 2.05) is 20.8 Å². The van der Waals surface area contributed by atoms with Crippen LogP contribution in [0.3, 0.4) is 0 Å². The van der Waals surface area contributed by atoms with Crippen molar-refractivity contribution in [3.8, 4) is 0 Å². The van der Waals surface area contributed by atoms with E-state index in [-0.39, 0.29) is 5.69 Å². The van der Waals surface area contributed by atoms with E-state index in [2.05, 4.69) is 4.98 Å². The van der Waals surface area contributed by atoms with Crippen LogP contribution in [0.5, 0.6) is 0 Å². The standard InChI is InChI=1S/C9H13F2N/c1-5(2)7-4-8(9(10)11)12-6(7)3/h4-5,9,12H,1-3H3. The number of halogens is 2. The lowest BCUT2D eigenvalue weighted by Gasteiger charge is -2.01. The molecule has 1 aromatic rings. The monoisotopic (exact) mass is 173 g/mol. The Morgan fingerprint density at radius 2 is 1.92 bits per heavy atom. The zero-order valence-electron chi connectivity index (χ0n) is 7.49. The van der Waals surface area contributed by atoms with Crippen molar-refractivity contribution in [1.82, 2.24) is 4.98 Å². The molecule has 0 atom stereocenters. The minimum Gasteiger partial charge on any atom is -0.358 e. The third-order valence-corrected chi connectivity index (χ3v) is 1.93. The summed E-state index contributed by atoms with van der Waals surface area (Å²) in [5.41, 5.74) is 1.85. The molecule has 0 saturated heterocycles. The van der Waals surface area contributed by atoms with Crippen LogP contribution in [0, 0.1) is 6.92 Å². The van der Waals surface area contributed by atoms with Gasteiger partial charge in [-0.05, 0) is 24.5 Å². The summed E-state index contributed by atoms with van der Waals surface area (Å²) in [5, 5.41) is 0. The fourth-order valence-corrected chi connectivity index (χ4v) is 1.32. The van der Waals surface area contributed by atoms with Crippen molar-refractivity contribution in [1.29, 1.82) is 0 Å². The number of nitrogens with one attached hydrogen (secondary N) is 1. The van der Waals surface area contributed by atoms with Crippen LogP contribution in [0.2, 0.25) is 0 Å². The first-order valence-corrected chi connectivity index (χ1v) is 4.00. The highest BCUT2D eigenvalue weighted by Crippen LogP contribution is 2.25. The van der Waals surface area contributed by atoms with E-state index in [1.165, 1.54) is 0 Å². The van der Waals surface area contributed by atoms with Gasteiger partial charge in [0.15, 0.2) is 0 Å². The topological polar surface area (TPSA) is 15.8 Å². The Balaban J connectivity index is 3.00. The molecule has 0 amide bonds. The highest BCUT2D eigenvalue weighted by Gasteiger charge is 2.13. The predicted octanol–water partition coefficient (Wildman–Crippen LogP) is 3.38. The number of H-pyrrole nitrogens is 1. The van der Waals surface area contributed by atoms with E-state index in [1.54, 1.807) is 6.07 Å². The zero-order valence-corrected chi connectivity index (χ0v) is 7.49. The van der Waals surface area contributed by atoms with Crippen molar-refractivity contribution in [3.63, 3.8) is 0 Å². The highest BCUT2D eigenvalue weighted by atomic mass is 19.3. The molecule has 0 aromatic carbocycles. The maximum Gasteiger partial charge on any atom is 0.278 e. The summed E-state index contributed by atoms with van der Waals surface area (Å²) in [4.78, 5) is 2.68. The second kappa shape index (κ2) is 3.25. The van der Waals surface area contributed by atoms with Crippen molar-refractivity contribution < 1.29 is 8.78 Å². The average Bonchev–Trinajstić information content (AvgIpc) is 2.30. The van der Waals surface area contributed by atoms with Gasteiger partial charge >= 0.3 is 0 Å². The van der Waals surface area contributed by atoms with Crippen LogP contribution in [0.25, 0.3) is 0 Å². The fraction of sp³-hybridized carbons (Fsp3) is 0.556. The van der Waals surface area contributed by atoms with Gasteiger partial charge in [0.2, 0.25) is 0 Å². The van der Waals surface area contributed by atoms with Crippen LogP contribution in [-0.4, -0.2) is 4.98 Å². The van der Waals surface area contributed by atoms with E-state index in [9.17, 15) is 8.78 Å². The molecule has 0 radical (unpaired) electrons. The molecule has 1 aromatic heterocycles. The van der Waals surface area contributed by atoms with Crippen molar-refractivity contribution in [2.75, 3.05) is 0 Å². The smallest absolute Gasteiger partial charge is 0.278 e. The van der Waals surface area contributed by atoms with Crippen LogP contribution in [0.4, 0.5) is 8.78 Å². The molecule has 1 rings (SSSR count). The Bertz CT molecular complexity index is 263. The van der Waals surface area contributed by atoms with E-state index in [4.69, 9.17) is 0 Å². The predicted molar refractivity (Wildman–Crippen MR) is 44.6 cm³/mol. The maximum atomic E-state index is 12.2. The normalized spacial score (nSPS) is 11.6. The third kappa shape index (κ3) is 1.65. The molecule has 3 heteroatoms. The number of alkyl halides is 2. The van der Waals surface area contributed by atoms with Crippen molar-refractivity contribution >= 4 is 0 Å². The molecule has 0 spiro atoms. The number of aromatic amines is 1. The van der Waals surface area contributed by atoms with Gasteiger partial charge in [0.25, 0.3) is 6.43 Å². The Morgan fingerprint density at radius 1 is 1.33 bits per heavy atom. The number of hydrogen-bond donors (Lipinski definition) is 1. The van der Waals surface area contributed by atoms with Gasteiger partial charge in [0, 0.05) is 5.69 Å². The van der Waals surface area contributed by atoms with E-state index in [0.29, 0.717) is 5.92 Å². The second-order valence-corrected chi connectivity index (χ2v) is 3.26. The van der Waals surface area contributed by atoms with Gasteiger partial charge in [-0.2, -0.15) is 0 Å². The minimum atomic E-state index is -2.39. The van der Waals surface area contributed by atoms with Gasteiger partial charge in [-0.15, -0.1) is 0 Å². The Kier molecular flexibility index (Phi) is 2.50. The summed E-state index contributed by atoms with van der Waals surface area (Å²) in [7, 11) is 0. The van der Waals surface area contributed by atoms with Crippen LogP contribution in [0.15, 0.2) is 6.07 Å². The molecule has 0 aliphatic heterocycles. The molecule has 1 heterocycles. The largest absolute Gasteiger partial charge is 0.358 e. The molecule has 68 valence electrons. The molecule has 0 fully saturated rings. The molecule has 12 heavy (non-hydrogen) atoms. The molecule has 0 saturated carbocycles. The molecule has 0 unspecified atom stereocenters. The van der Waals surface area contributed by atoms with Gasteiger partial charge in [-0.1, -0.05) is 13.8 Å². The van der Waals surface area contributed by atoms with E-state index < -0.39 is 6.43 Å². The number of rotatable bonds is 2. The number of hydrogen-bond acceptors (Lipinski definition) is 0. The summed E-state index contributed by atoms with van der Waals surface area (Å²) < 4.78 is 24.4. The Hall–Kier alpha value is -0.860. The lowest BCUT2D eigenvalue weighted by atomic mass is 10.0. The molecular formula is C9H13F2N. The van der Waals surface area contributed by atoms with Crippen molar-refractivity contribution in [2.24, 2.45) is 0 Å². The first-order valence-electron chi connectivity index (χ1n) is 4.00. The molecule has 0 aliphatic rings. The average molecular weight is 173 g/mol. The summed E-state index contributed by atoms with van der Waals surface area (Å²) >= 11 is 0. The second-order valence-electron chi connectivity index (χ2n) is 3.26. The molecule has 0 aliphatic carbocycles. The number of aryl methyl sites for hydroxylation is 1. The molecule has 0 bridgehead atoms. The summed E-state index contributed by atoms with van der Waals surface area (Å²) in [6.45, 7) is 5.80. The Morgan fingerprint density at radius 3 is 2.17 bits per heavy atom. The van der Waals surface area contributed by atoms with E-state index >= 15 is 0 Å². The first kappa shape index (κ1) is 9.23. The van der Waals surface area contributed by atoms with Gasteiger partial charge in [-0.25, -0.2) is 8.78 Å². The zero-order chi connectivity index (χ0) is 9.30. The van der Waals surface area contributed by atoms with Crippen LogP contribution < -0.4 is 0 Å². The molecule has 1 N–H and O–H groups in total. The van der Waals surface area contributed by atoms with Gasteiger partial charge in [0.05, 0.1) is 5.69 Å². The van der Waals surface area contributed by atoms with Gasteiger partial charge < -0.3 is 4.98 Å². The van der Waals surface area contributed by atoms with Crippen molar-refractivity contribution in [2.45, 2.75) is 33.1 Å². The third-order valence-electron chi connectivity index (χ3n) is 1.93. The summed E-state index contributed by atoms with van der Waals surface area (Å²) in [6, 6.07) is 1.55. The van der Waals surface area contributed by atoms with Crippen LogP contribution >= 0.6 is 0 Å². The van der Waals surface area contributed by atoms with Crippen LogP contribution in [-0.2, 0) is 0 Å². The van der Waals surface area contributed by atoms with E-state index in [0.717, 1.165) is 11.3 Å². The maximum absolute atomic E-state index is 12.2. The molecule has 1 nitrogen and oxygen atoms in total. The van der Waals surface area contributed by atoms with Gasteiger partial charge in [-0.3, -0.25) is 0 Å². The lowest BCUT2D eigenvalue weighted by molar-refractivity contribution is 0.146. The van der Waals surface area contributed by atoms with Crippen molar-refractivity contribution in [3.05, 3.63) is 23.0 Å². The summed E-state index contributed by atoms with van der Waals surface area (Å²) in [6.07, 6.45) is -2.39. The first-order chi connectivity index (χ1) is 5.52. The summed E-state index contributed by atoms with van der Waals surface area (Å²) in [5.74, 6) is 0.300. The fourth-order valence-electron chi connectivity index (χ4n) is 1.32. The lowest BCUT2D eigenvalue weighted by Crippen LogP contribution is -1.86. The molecular weight excluding hydrogens is 160 g/mol. The highest BCUT2D eigenvalue weighted by molar-refractivity contribution is 5.28. The minimum absolute atomic E-state index is 0.0243. The Labute approximate surface area is 70.8 Å².